The van der Waals surface area contributed by atoms with Gasteiger partial charge >= 0.3 is 0 Å². The van der Waals surface area contributed by atoms with Crippen LogP contribution in [0.5, 0.6) is 0 Å². The van der Waals surface area contributed by atoms with Crippen LogP contribution in [0, 0.1) is 83.1 Å². The molecular formula is C28H40N6S. The minimum atomic E-state index is 0.845. The molecule has 4 heterocycles. The first kappa shape index (κ1) is 30.0. The zero-order valence-corrected chi connectivity index (χ0v) is 24.2. The van der Waals surface area contributed by atoms with Gasteiger partial charge in [-0.2, -0.15) is 0 Å². The second kappa shape index (κ2) is 14.4. The SMILES string of the molecule is Cc1ccc(C)c(C)n1.Cc1cnc(C)c(C)n1.Cc1nc(C)c(C)s1.Cc1ncc(C)c(C)n1. The average molecular weight is 493 g/mol. The highest BCUT2D eigenvalue weighted by molar-refractivity contribution is 7.11. The van der Waals surface area contributed by atoms with Crippen LogP contribution in [0.15, 0.2) is 24.5 Å². The second-order valence-corrected chi connectivity index (χ2v) is 10.0. The van der Waals surface area contributed by atoms with Gasteiger partial charge in [0, 0.05) is 34.4 Å². The van der Waals surface area contributed by atoms with Crippen LogP contribution >= 0.6 is 11.3 Å². The van der Waals surface area contributed by atoms with Gasteiger partial charge in [0.15, 0.2) is 0 Å². The fraction of sp³-hybridized carbons (Fsp3) is 0.429. The van der Waals surface area contributed by atoms with Crippen LogP contribution in [0.25, 0.3) is 0 Å². The minimum Gasteiger partial charge on any atom is -0.258 e. The topological polar surface area (TPSA) is 77.3 Å². The lowest BCUT2D eigenvalue weighted by Crippen LogP contribution is -1.92. The van der Waals surface area contributed by atoms with Crippen LogP contribution in [0.4, 0.5) is 0 Å². The third kappa shape index (κ3) is 11.3. The maximum atomic E-state index is 4.27. The van der Waals surface area contributed by atoms with Crippen LogP contribution in [0.1, 0.15) is 66.7 Å². The van der Waals surface area contributed by atoms with Gasteiger partial charge in [-0.1, -0.05) is 6.07 Å². The molecule has 0 atom stereocenters. The van der Waals surface area contributed by atoms with E-state index in [4.69, 9.17) is 0 Å². The van der Waals surface area contributed by atoms with Gasteiger partial charge in [0.2, 0.25) is 0 Å². The molecule has 0 spiro atoms. The summed E-state index contributed by atoms with van der Waals surface area (Å²) >= 11 is 1.76. The molecule has 4 aromatic heterocycles. The van der Waals surface area contributed by atoms with Crippen LogP contribution in [0.3, 0.4) is 0 Å². The van der Waals surface area contributed by atoms with Crippen LogP contribution < -0.4 is 0 Å². The van der Waals surface area contributed by atoms with Gasteiger partial charge in [-0.15, -0.1) is 11.3 Å². The third-order valence-corrected chi connectivity index (χ3v) is 6.27. The molecule has 35 heavy (non-hydrogen) atoms. The van der Waals surface area contributed by atoms with E-state index in [1.165, 1.54) is 21.1 Å². The number of thiazole rings is 1. The van der Waals surface area contributed by atoms with Crippen molar-refractivity contribution in [2.75, 3.05) is 0 Å². The molecule has 0 fully saturated rings. The monoisotopic (exact) mass is 492 g/mol. The number of rotatable bonds is 0. The Morgan fingerprint density at radius 3 is 1.46 bits per heavy atom. The Hall–Kier alpha value is -3.06. The lowest BCUT2D eigenvalue weighted by Gasteiger charge is -1.97. The number of aromatic nitrogens is 6. The summed E-state index contributed by atoms with van der Waals surface area (Å²) in [5.41, 5.74) is 9.91. The smallest absolute Gasteiger partial charge is 0.125 e. The van der Waals surface area contributed by atoms with Crippen molar-refractivity contribution in [3.05, 3.63) is 91.2 Å². The third-order valence-electron chi connectivity index (χ3n) is 5.28. The molecule has 188 valence electrons. The minimum absolute atomic E-state index is 0.845. The molecule has 0 radical (unpaired) electrons. The Bertz CT molecular complexity index is 1090. The predicted molar refractivity (Wildman–Crippen MR) is 147 cm³/mol. The van der Waals surface area contributed by atoms with E-state index in [1.807, 2.05) is 81.5 Å². The van der Waals surface area contributed by atoms with Gasteiger partial charge in [-0.3, -0.25) is 15.0 Å². The van der Waals surface area contributed by atoms with E-state index >= 15 is 0 Å². The molecule has 7 heteroatoms. The molecule has 0 saturated carbocycles. The molecule has 6 nitrogen and oxygen atoms in total. The summed E-state index contributed by atoms with van der Waals surface area (Å²) in [5, 5.41) is 1.17. The highest BCUT2D eigenvalue weighted by Crippen LogP contribution is 2.14. The van der Waals surface area contributed by atoms with Crippen molar-refractivity contribution in [3.8, 4) is 0 Å². The Kier molecular flexibility index (Phi) is 12.3. The highest BCUT2D eigenvalue weighted by atomic mass is 32.1. The van der Waals surface area contributed by atoms with E-state index in [-0.39, 0.29) is 0 Å². The second-order valence-electron chi connectivity index (χ2n) is 8.60. The van der Waals surface area contributed by atoms with Crippen molar-refractivity contribution >= 4 is 11.3 Å². The molecule has 0 amide bonds. The molecular weight excluding hydrogens is 452 g/mol. The number of hydrogen-bond donors (Lipinski definition) is 0. The lowest BCUT2D eigenvalue weighted by molar-refractivity contribution is 0.986. The normalized spacial score (nSPS) is 9.71. The zero-order chi connectivity index (χ0) is 26.7. The summed E-state index contributed by atoms with van der Waals surface area (Å²) < 4.78 is 0. The maximum Gasteiger partial charge on any atom is 0.125 e. The molecule has 0 unspecified atom stereocenters. The number of nitrogens with zero attached hydrogens (tertiary/aromatic N) is 6. The van der Waals surface area contributed by atoms with E-state index < -0.39 is 0 Å². The summed E-state index contributed by atoms with van der Waals surface area (Å²) in [6.45, 7) is 24.0. The Labute approximate surface area is 215 Å². The van der Waals surface area contributed by atoms with Crippen LogP contribution in [0.2, 0.25) is 0 Å². The Morgan fingerprint density at radius 2 is 1.09 bits per heavy atom. The fourth-order valence-electron chi connectivity index (χ4n) is 2.69. The van der Waals surface area contributed by atoms with E-state index in [0.29, 0.717) is 0 Å². The Morgan fingerprint density at radius 1 is 0.486 bits per heavy atom. The number of aryl methyl sites for hydroxylation is 12. The molecule has 0 aliphatic carbocycles. The van der Waals surface area contributed by atoms with Gasteiger partial charge < -0.3 is 0 Å². The van der Waals surface area contributed by atoms with Crippen molar-refractivity contribution in [1.29, 1.82) is 0 Å². The van der Waals surface area contributed by atoms with Gasteiger partial charge in [0.05, 0.1) is 27.8 Å². The summed E-state index contributed by atoms with van der Waals surface area (Å²) in [6, 6.07) is 4.12. The van der Waals surface area contributed by atoms with E-state index in [9.17, 15) is 0 Å². The molecule has 4 aromatic rings. The summed E-state index contributed by atoms with van der Waals surface area (Å²) in [5.74, 6) is 0.845. The van der Waals surface area contributed by atoms with Gasteiger partial charge in [-0.05, 0) is 100 Å². The lowest BCUT2D eigenvalue weighted by atomic mass is 10.2. The molecule has 4 rings (SSSR count). The van der Waals surface area contributed by atoms with Crippen molar-refractivity contribution in [2.45, 2.75) is 83.1 Å². The summed E-state index contributed by atoms with van der Waals surface area (Å²) in [4.78, 5) is 26.4. The first-order valence-electron chi connectivity index (χ1n) is 11.6. The number of pyridine rings is 1. The molecule has 0 saturated heterocycles. The molecule has 0 bridgehead atoms. The largest absolute Gasteiger partial charge is 0.258 e. The van der Waals surface area contributed by atoms with Crippen molar-refractivity contribution in [2.24, 2.45) is 0 Å². The Balaban J connectivity index is 0.000000234. The highest BCUT2D eigenvalue weighted by Gasteiger charge is 1.96. The molecule has 0 aromatic carbocycles. The average Bonchev–Trinajstić information content (AvgIpc) is 3.07. The quantitative estimate of drug-likeness (QED) is 0.266. The van der Waals surface area contributed by atoms with Gasteiger partial charge in [0.25, 0.3) is 0 Å². The molecule has 0 aliphatic rings. The van der Waals surface area contributed by atoms with Crippen LogP contribution in [-0.2, 0) is 0 Å². The molecule has 0 N–H and O–H groups in total. The number of hydrogen-bond acceptors (Lipinski definition) is 7. The van der Waals surface area contributed by atoms with E-state index in [1.54, 1.807) is 17.5 Å². The maximum absolute atomic E-state index is 4.27. The van der Waals surface area contributed by atoms with Gasteiger partial charge in [-0.25, -0.2) is 15.0 Å². The van der Waals surface area contributed by atoms with Crippen molar-refractivity contribution in [3.63, 3.8) is 0 Å². The van der Waals surface area contributed by atoms with Gasteiger partial charge in [0.1, 0.15) is 5.82 Å². The summed E-state index contributed by atoms with van der Waals surface area (Å²) in [7, 11) is 0. The summed E-state index contributed by atoms with van der Waals surface area (Å²) in [6.07, 6.45) is 3.62. The zero-order valence-electron chi connectivity index (χ0n) is 23.4. The van der Waals surface area contributed by atoms with E-state index in [0.717, 1.165) is 45.6 Å². The fourth-order valence-corrected chi connectivity index (χ4v) is 3.51. The van der Waals surface area contributed by atoms with Crippen molar-refractivity contribution in [1.82, 2.24) is 29.9 Å². The first-order valence-corrected chi connectivity index (χ1v) is 12.5. The standard InChI is InChI=1S/C8H11N.2C7H10N2.C6H9NS/c1-6-4-5-7(2)9-8(6)3;1-5-4-8-6(2)7(3)9-5;1-5-4-8-7(3)9-6(5)2;1-4-5(2)8-6(3)7-4/h4-5H,1-3H3;2*4H,1-3H3;1-3H3. The first-order chi connectivity index (χ1) is 16.3. The van der Waals surface area contributed by atoms with E-state index in [2.05, 4.69) is 49.8 Å². The van der Waals surface area contributed by atoms with Crippen LogP contribution in [-0.4, -0.2) is 29.9 Å². The molecule has 0 aliphatic heterocycles. The van der Waals surface area contributed by atoms with Crippen molar-refractivity contribution < 1.29 is 0 Å². The predicted octanol–water partition coefficient (Wildman–Crippen LogP) is 6.88.